The fourth-order valence-corrected chi connectivity index (χ4v) is 2.19. The Kier molecular flexibility index (Phi) is 5.07. The third kappa shape index (κ3) is 4.11. The van der Waals surface area contributed by atoms with Crippen molar-refractivity contribution in [3.63, 3.8) is 0 Å². The summed E-state index contributed by atoms with van der Waals surface area (Å²) in [6.07, 6.45) is 1.01. The van der Waals surface area contributed by atoms with Crippen LogP contribution in [-0.2, 0) is 11.3 Å². The summed E-state index contributed by atoms with van der Waals surface area (Å²) in [6, 6.07) is 7.42. The Balaban J connectivity index is 1.94. The van der Waals surface area contributed by atoms with E-state index < -0.39 is 6.10 Å². The van der Waals surface area contributed by atoms with Gasteiger partial charge in [0.15, 0.2) is 6.10 Å². The molecule has 1 N–H and O–H groups in total. The molecule has 1 heterocycles. The van der Waals surface area contributed by atoms with Gasteiger partial charge in [-0.05, 0) is 56.2 Å². The van der Waals surface area contributed by atoms with Gasteiger partial charge in [-0.15, -0.1) is 0 Å². The van der Waals surface area contributed by atoms with Crippen LogP contribution in [0.4, 0.5) is 0 Å². The van der Waals surface area contributed by atoms with E-state index in [1.54, 1.807) is 19.3 Å². The summed E-state index contributed by atoms with van der Waals surface area (Å²) < 4.78 is 11.9. The Bertz CT molecular complexity index is 599. The van der Waals surface area contributed by atoms with Crippen LogP contribution in [0.15, 0.2) is 39.4 Å². The fraction of sp³-hybridized carbons (Fsp3) is 0.312. The summed E-state index contributed by atoms with van der Waals surface area (Å²) in [7, 11) is 0. The molecule has 112 valence electrons. The van der Waals surface area contributed by atoms with Crippen molar-refractivity contribution >= 4 is 21.8 Å². The SMILES string of the molecule is Cc1cc(OC(C)C(=O)NCc2ccco2)cc(C)c1Br. The molecule has 1 aromatic heterocycles. The first-order valence-electron chi connectivity index (χ1n) is 6.71. The Morgan fingerprint density at radius 1 is 1.38 bits per heavy atom. The van der Waals surface area contributed by atoms with Crippen LogP contribution in [0, 0.1) is 13.8 Å². The molecule has 1 atom stereocenters. The van der Waals surface area contributed by atoms with Crippen LogP contribution in [0.2, 0.25) is 0 Å². The molecule has 0 bridgehead atoms. The molecule has 2 rings (SSSR count). The molecule has 0 aliphatic carbocycles. The molecule has 0 saturated carbocycles. The lowest BCUT2D eigenvalue weighted by Crippen LogP contribution is -2.35. The molecule has 21 heavy (non-hydrogen) atoms. The van der Waals surface area contributed by atoms with Crippen LogP contribution in [-0.4, -0.2) is 12.0 Å². The van der Waals surface area contributed by atoms with Crippen LogP contribution in [0.1, 0.15) is 23.8 Å². The molecule has 5 heteroatoms. The van der Waals surface area contributed by atoms with Gasteiger partial charge >= 0.3 is 0 Å². The Hall–Kier alpha value is -1.75. The van der Waals surface area contributed by atoms with Gasteiger partial charge in [-0.2, -0.15) is 0 Å². The number of halogens is 1. The molecule has 4 nitrogen and oxygen atoms in total. The highest BCUT2D eigenvalue weighted by molar-refractivity contribution is 9.10. The van der Waals surface area contributed by atoms with Crippen LogP contribution >= 0.6 is 15.9 Å². The monoisotopic (exact) mass is 351 g/mol. The van der Waals surface area contributed by atoms with Crippen LogP contribution in [0.25, 0.3) is 0 Å². The molecule has 1 unspecified atom stereocenters. The van der Waals surface area contributed by atoms with E-state index in [9.17, 15) is 4.79 Å². The molecule has 0 aliphatic heterocycles. The molecular formula is C16H18BrNO3. The lowest BCUT2D eigenvalue weighted by Gasteiger charge is -2.16. The highest BCUT2D eigenvalue weighted by Crippen LogP contribution is 2.26. The van der Waals surface area contributed by atoms with Crippen molar-refractivity contribution in [3.05, 3.63) is 51.9 Å². The maximum absolute atomic E-state index is 12.0. The van der Waals surface area contributed by atoms with Gasteiger partial charge in [-0.25, -0.2) is 0 Å². The van der Waals surface area contributed by atoms with Crippen molar-refractivity contribution < 1.29 is 13.9 Å². The second-order valence-electron chi connectivity index (χ2n) is 4.93. The first-order valence-corrected chi connectivity index (χ1v) is 7.50. The Morgan fingerprint density at radius 3 is 2.62 bits per heavy atom. The average molecular weight is 352 g/mol. The van der Waals surface area contributed by atoms with E-state index in [0.29, 0.717) is 18.1 Å². The van der Waals surface area contributed by atoms with Gasteiger partial charge in [-0.1, -0.05) is 15.9 Å². The highest BCUT2D eigenvalue weighted by atomic mass is 79.9. The zero-order chi connectivity index (χ0) is 15.4. The van der Waals surface area contributed by atoms with E-state index in [1.165, 1.54) is 0 Å². The standard InChI is InChI=1S/C16H18BrNO3/c1-10-7-14(8-11(2)15(10)17)21-12(3)16(19)18-9-13-5-4-6-20-13/h4-8,12H,9H2,1-3H3,(H,18,19). The minimum absolute atomic E-state index is 0.176. The average Bonchev–Trinajstić information content (AvgIpc) is 2.95. The van der Waals surface area contributed by atoms with E-state index in [0.717, 1.165) is 15.6 Å². The van der Waals surface area contributed by atoms with Gasteiger partial charge in [0, 0.05) is 4.47 Å². The largest absolute Gasteiger partial charge is 0.481 e. The van der Waals surface area contributed by atoms with E-state index in [-0.39, 0.29) is 5.91 Å². The molecule has 0 fully saturated rings. The maximum Gasteiger partial charge on any atom is 0.261 e. The van der Waals surface area contributed by atoms with E-state index in [2.05, 4.69) is 21.2 Å². The zero-order valence-electron chi connectivity index (χ0n) is 12.3. The van der Waals surface area contributed by atoms with Crippen molar-refractivity contribution in [3.8, 4) is 5.75 Å². The van der Waals surface area contributed by atoms with Crippen molar-refractivity contribution in [2.75, 3.05) is 0 Å². The first-order chi connectivity index (χ1) is 9.97. The van der Waals surface area contributed by atoms with Gasteiger partial charge < -0.3 is 14.5 Å². The highest BCUT2D eigenvalue weighted by Gasteiger charge is 2.15. The van der Waals surface area contributed by atoms with E-state index in [1.807, 2.05) is 32.0 Å². The number of hydrogen-bond donors (Lipinski definition) is 1. The molecule has 0 spiro atoms. The van der Waals surface area contributed by atoms with Gasteiger partial charge in [0.2, 0.25) is 0 Å². The number of carbonyl (C=O) groups is 1. The van der Waals surface area contributed by atoms with Gasteiger partial charge in [0.25, 0.3) is 5.91 Å². The minimum Gasteiger partial charge on any atom is -0.481 e. The van der Waals surface area contributed by atoms with Gasteiger partial charge in [0.1, 0.15) is 11.5 Å². The molecule has 0 aliphatic rings. The molecule has 0 saturated heterocycles. The second-order valence-corrected chi connectivity index (χ2v) is 5.72. The first kappa shape index (κ1) is 15.6. The molecule has 1 amide bonds. The zero-order valence-corrected chi connectivity index (χ0v) is 13.9. The lowest BCUT2D eigenvalue weighted by atomic mass is 10.1. The summed E-state index contributed by atoms with van der Waals surface area (Å²) in [5.74, 6) is 1.23. The number of carbonyl (C=O) groups excluding carboxylic acids is 1. The molecule has 2 aromatic rings. The normalized spacial score (nSPS) is 12.0. The summed E-state index contributed by atoms with van der Waals surface area (Å²) in [6.45, 7) is 6.07. The van der Waals surface area contributed by atoms with E-state index in [4.69, 9.17) is 9.15 Å². The van der Waals surface area contributed by atoms with Crippen LogP contribution < -0.4 is 10.1 Å². The van der Waals surface area contributed by atoms with Crippen molar-refractivity contribution in [2.45, 2.75) is 33.4 Å². The number of ether oxygens (including phenoxy) is 1. The third-order valence-electron chi connectivity index (χ3n) is 3.11. The Morgan fingerprint density at radius 2 is 2.05 bits per heavy atom. The van der Waals surface area contributed by atoms with Gasteiger partial charge in [0.05, 0.1) is 12.8 Å². The van der Waals surface area contributed by atoms with Crippen molar-refractivity contribution in [1.29, 1.82) is 0 Å². The summed E-state index contributed by atoms with van der Waals surface area (Å²) in [5.41, 5.74) is 2.15. The van der Waals surface area contributed by atoms with Crippen molar-refractivity contribution in [1.82, 2.24) is 5.32 Å². The quantitative estimate of drug-likeness (QED) is 0.892. The van der Waals surface area contributed by atoms with Crippen LogP contribution in [0.5, 0.6) is 5.75 Å². The number of hydrogen-bond acceptors (Lipinski definition) is 3. The lowest BCUT2D eigenvalue weighted by molar-refractivity contribution is -0.127. The van der Waals surface area contributed by atoms with Crippen molar-refractivity contribution in [2.24, 2.45) is 0 Å². The topological polar surface area (TPSA) is 51.5 Å². The van der Waals surface area contributed by atoms with E-state index >= 15 is 0 Å². The summed E-state index contributed by atoms with van der Waals surface area (Å²) in [4.78, 5) is 12.0. The molecule has 0 radical (unpaired) electrons. The molecule has 1 aromatic carbocycles. The third-order valence-corrected chi connectivity index (χ3v) is 4.36. The number of aryl methyl sites for hydroxylation is 2. The van der Waals surface area contributed by atoms with Crippen LogP contribution in [0.3, 0.4) is 0 Å². The van der Waals surface area contributed by atoms with Gasteiger partial charge in [-0.3, -0.25) is 4.79 Å². The predicted molar refractivity (Wildman–Crippen MR) is 84.3 cm³/mol. The number of furan rings is 1. The minimum atomic E-state index is -0.570. The fourth-order valence-electron chi connectivity index (χ4n) is 1.96. The number of amides is 1. The number of rotatable bonds is 5. The molecular weight excluding hydrogens is 334 g/mol. The summed E-state index contributed by atoms with van der Waals surface area (Å²) >= 11 is 3.51. The predicted octanol–water partition coefficient (Wildman–Crippen LogP) is 3.74. The number of nitrogens with one attached hydrogen (secondary N) is 1. The Labute approximate surface area is 132 Å². The smallest absolute Gasteiger partial charge is 0.261 e. The maximum atomic E-state index is 12.0. The second kappa shape index (κ2) is 6.80. The number of benzene rings is 1. The summed E-state index contributed by atoms with van der Waals surface area (Å²) in [5, 5.41) is 2.78.